The molecule has 0 bridgehead atoms. The van der Waals surface area contributed by atoms with Crippen LogP contribution in [0.4, 0.5) is 5.13 Å². The highest BCUT2D eigenvalue weighted by Gasteiger charge is 2.24. The Morgan fingerprint density at radius 1 is 1.24 bits per heavy atom. The number of carbonyl (C=O) groups excluding carboxylic acids is 2. The normalized spacial score (nSPS) is 12.1. The molecule has 33 heavy (non-hydrogen) atoms. The lowest BCUT2D eigenvalue weighted by atomic mass is 10.0. The van der Waals surface area contributed by atoms with Crippen LogP contribution in [0.25, 0.3) is 0 Å². The molecule has 0 aliphatic heterocycles. The third kappa shape index (κ3) is 6.92. The van der Waals surface area contributed by atoms with Gasteiger partial charge in [-0.2, -0.15) is 0 Å². The zero-order valence-corrected chi connectivity index (χ0v) is 21.7. The first-order valence-electron chi connectivity index (χ1n) is 10.1. The Morgan fingerprint density at radius 3 is 2.64 bits per heavy atom. The zero-order chi connectivity index (χ0) is 24.1. The second-order valence-electron chi connectivity index (χ2n) is 7.81. The summed E-state index contributed by atoms with van der Waals surface area (Å²) in [5.41, 5.74) is 1.19. The first-order valence-corrected chi connectivity index (χ1v) is 12.8. The summed E-state index contributed by atoms with van der Waals surface area (Å²) in [5, 5.41) is 18.1. The molecule has 0 aliphatic carbocycles. The molecule has 0 fully saturated rings. The van der Waals surface area contributed by atoms with Crippen LogP contribution in [-0.4, -0.2) is 37.3 Å². The number of aryl methyl sites for hydroxylation is 1. The molecule has 0 radical (unpaired) electrons. The maximum atomic E-state index is 12.9. The molecule has 3 rings (SSSR count). The third-order valence-corrected chi connectivity index (χ3v) is 7.01. The third-order valence-electron chi connectivity index (χ3n) is 4.57. The van der Waals surface area contributed by atoms with Crippen molar-refractivity contribution < 1.29 is 9.59 Å². The van der Waals surface area contributed by atoms with Gasteiger partial charge in [0.1, 0.15) is 0 Å². The average Bonchev–Trinajstić information content (AvgIpc) is 3.30. The highest BCUT2D eigenvalue weighted by molar-refractivity contribution is 7.99. The van der Waals surface area contributed by atoms with Gasteiger partial charge in [-0.3, -0.25) is 9.59 Å². The van der Waals surface area contributed by atoms with Gasteiger partial charge in [-0.1, -0.05) is 48.8 Å². The second kappa shape index (κ2) is 11.3. The van der Waals surface area contributed by atoms with Gasteiger partial charge in [-0.05, 0) is 37.5 Å². The molecule has 176 valence electrons. The summed E-state index contributed by atoms with van der Waals surface area (Å²) in [7, 11) is 1.81. The molecule has 1 aromatic carbocycles. The number of nitrogens with one attached hydrogen (secondary N) is 2. The number of aromatic nitrogens is 4. The Labute approximate surface area is 210 Å². The first kappa shape index (κ1) is 25.5. The van der Waals surface area contributed by atoms with Gasteiger partial charge in [0.25, 0.3) is 5.91 Å². The van der Waals surface area contributed by atoms with Crippen LogP contribution < -0.4 is 10.6 Å². The maximum Gasteiger partial charge on any atom is 0.253 e. The van der Waals surface area contributed by atoms with Crippen LogP contribution in [0.1, 0.15) is 48.2 Å². The van der Waals surface area contributed by atoms with Gasteiger partial charge in [-0.15, -0.1) is 21.5 Å². The number of rotatable bonds is 9. The SMILES string of the molecule is Cc1csc(NC(=O)CSc2nnc([C@@H](CC(C)C)NC(=O)c3ccc(Cl)cc3Cl)n2C)n1. The Kier molecular flexibility index (Phi) is 8.75. The number of benzene rings is 1. The predicted molar refractivity (Wildman–Crippen MR) is 133 cm³/mol. The molecular weight excluding hydrogens is 503 g/mol. The number of nitrogens with zero attached hydrogens (tertiary/aromatic N) is 4. The van der Waals surface area contributed by atoms with Crippen molar-refractivity contribution in [3.63, 3.8) is 0 Å². The topological polar surface area (TPSA) is 102 Å². The smallest absolute Gasteiger partial charge is 0.253 e. The lowest BCUT2D eigenvalue weighted by Gasteiger charge is -2.20. The van der Waals surface area contributed by atoms with Gasteiger partial charge >= 0.3 is 0 Å². The zero-order valence-electron chi connectivity index (χ0n) is 18.6. The van der Waals surface area contributed by atoms with Crippen LogP contribution in [-0.2, 0) is 11.8 Å². The number of thioether (sulfide) groups is 1. The minimum atomic E-state index is -0.386. The van der Waals surface area contributed by atoms with Crippen LogP contribution >= 0.6 is 46.3 Å². The minimum absolute atomic E-state index is 0.159. The molecule has 2 N–H and O–H groups in total. The summed E-state index contributed by atoms with van der Waals surface area (Å²) < 4.78 is 1.79. The standard InChI is InChI=1S/C21H24Cl2N6O2S2/c1-11(2)7-16(25-19(31)14-6-5-13(22)8-15(14)23)18-27-28-21(29(18)4)33-10-17(30)26-20-24-12(3)9-32-20/h5-6,8-9,11,16H,7,10H2,1-4H3,(H,25,31)(H,24,26,30)/t16-/m1/s1. The molecule has 2 heterocycles. The quantitative estimate of drug-likeness (QED) is 0.374. The summed E-state index contributed by atoms with van der Waals surface area (Å²) >= 11 is 14.8. The predicted octanol–water partition coefficient (Wildman–Crippen LogP) is 5.13. The van der Waals surface area contributed by atoms with Gasteiger partial charge in [0, 0.05) is 17.5 Å². The van der Waals surface area contributed by atoms with Crippen molar-refractivity contribution >= 4 is 63.2 Å². The van der Waals surface area contributed by atoms with E-state index >= 15 is 0 Å². The molecule has 0 saturated heterocycles. The van der Waals surface area contributed by atoms with Crippen molar-refractivity contribution in [1.82, 2.24) is 25.1 Å². The molecule has 12 heteroatoms. The molecule has 2 aromatic heterocycles. The number of hydrogen-bond acceptors (Lipinski definition) is 7. The summed E-state index contributed by atoms with van der Waals surface area (Å²) in [6.45, 7) is 5.99. The van der Waals surface area contributed by atoms with Crippen molar-refractivity contribution in [3.8, 4) is 0 Å². The number of anilines is 1. The lowest BCUT2D eigenvalue weighted by Crippen LogP contribution is -2.31. The number of carbonyl (C=O) groups is 2. The summed E-state index contributed by atoms with van der Waals surface area (Å²) in [4.78, 5) is 29.4. The molecule has 2 amide bonds. The molecule has 1 atom stereocenters. The highest BCUT2D eigenvalue weighted by atomic mass is 35.5. The van der Waals surface area contributed by atoms with E-state index in [1.54, 1.807) is 16.7 Å². The van der Waals surface area contributed by atoms with Gasteiger partial charge in [0.15, 0.2) is 16.1 Å². The number of thiazole rings is 1. The van der Waals surface area contributed by atoms with Crippen LogP contribution in [0.2, 0.25) is 10.0 Å². The minimum Gasteiger partial charge on any atom is -0.342 e. The summed E-state index contributed by atoms with van der Waals surface area (Å²) in [5.74, 6) is 0.546. The molecule has 3 aromatic rings. The van der Waals surface area contributed by atoms with Crippen LogP contribution in [0.3, 0.4) is 0 Å². The summed E-state index contributed by atoms with van der Waals surface area (Å²) in [6, 6.07) is 4.36. The largest absolute Gasteiger partial charge is 0.342 e. The Balaban J connectivity index is 1.70. The monoisotopic (exact) mass is 526 g/mol. The van der Waals surface area contributed by atoms with Crippen molar-refractivity contribution in [2.75, 3.05) is 11.1 Å². The van der Waals surface area contributed by atoms with Crippen molar-refractivity contribution in [2.24, 2.45) is 13.0 Å². The van der Waals surface area contributed by atoms with Crippen LogP contribution in [0, 0.1) is 12.8 Å². The number of halogens is 2. The van der Waals surface area contributed by atoms with E-state index < -0.39 is 0 Å². The summed E-state index contributed by atoms with van der Waals surface area (Å²) in [6.07, 6.45) is 0.650. The molecule has 0 aliphatic rings. The van der Waals surface area contributed by atoms with E-state index in [1.807, 2.05) is 19.4 Å². The van der Waals surface area contributed by atoms with Crippen molar-refractivity contribution in [1.29, 1.82) is 0 Å². The molecule has 8 nitrogen and oxygen atoms in total. The Bertz CT molecular complexity index is 1150. The van der Waals surface area contributed by atoms with E-state index in [2.05, 4.69) is 39.7 Å². The number of amides is 2. The molecular formula is C21H24Cl2N6O2S2. The fourth-order valence-electron chi connectivity index (χ4n) is 3.06. The van der Waals surface area contributed by atoms with Crippen molar-refractivity contribution in [2.45, 2.75) is 38.4 Å². The van der Waals surface area contributed by atoms with E-state index in [0.717, 1.165) is 5.69 Å². The average molecular weight is 528 g/mol. The van der Waals surface area contributed by atoms with Gasteiger partial charge < -0.3 is 15.2 Å². The van der Waals surface area contributed by atoms with Gasteiger partial charge in [-0.25, -0.2) is 4.98 Å². The van der Waals surface area contributed by atoms with Crippen molar-refractivity contribution in [3.05, 3.63) is 50.7 Å². The second-order valence-corrected chi connectivity index (χ2v) is 10.5. The highest BCUT2D eigenvalue weighted by Crippen LogP contribution is 2.26. The molecule has 0 unspecified atom stereocenters. The van der Waals surface area contributed by atoms with Crippen LogP contribution in [0.15, 0.2) is 28.7 Å². The fourth-order valence-corrected chi connectivity index (χ4v) is 4.98. The molecule has 0 spiro atoms. The Morgan fingerprint density at radius 2 is 2.00 bits per heavy atom. The molecule has 0 saturated carbocycles. The van der Waals surface area contributed by atoms with E-state index in [4.69, 9.17) is 23.2 Å². The number of hydrogen-bond donors (Lipinski definition) is 2. The van der Waals surface area contributed by atoms with Crippen LogP contribution in [0.5, 0.6) is 0 Å². The van der Waals surface area contributed by atoms with E-state index in [-0.39, 0.29) is 34.5 Å². The first-order chi connectivity index (χ1) is 15.6. The van der Waals surface area contributed by atoms with Gasteiger partial charge in [0.2, 0.25) is 5.91 Å². The fraction of sp³-hybridized carbons (Fsp3) is 0.381. The van der Waals surface area contributed by atoms with Gasteiger partial charge in [0.05, 0.1) is 28.1 Å². The van der Waals surface area contributed by atoms with E-state index in [0.29, 0.717) is 33.1 Å². The lowest BCUT2D eigenvalue weighted by molar-refractivity contribution is -0.113. The Hall–Kier alpha value is -2.14. The van der Waals surface area contributed by atoms with E-state index in [1.165, 1.54) is 29.2 Å². The van der Waals surface area contributed by atoms with E-state index in [9.17, 15) is 9.59 Å². The maximum absolute atomic E-state index is 12.9.